The fourth-order valence-corrected chi connectivity index (χ4v) is 4.83. The number of alkyl halides is 9. The number of pyridine rings is 1. The number of nitrogens with zero attached hydrogens (tertiary/aromatic N) is 6. The van der Waals surface area contributed by atoms with Crippen molar-refractivity contribution in [3.8, 4) is 11.4 Å². The van der Waals surface area contributed by atoms with E-state index in [4.69, 9.17) is 29.7 Å². The van der Waals surface area contributed by atoms with Gasteiger partial charge in [-0.3, -0.25) is 14.8 Å². The first kappa shape index (κ1) is 41.3. The fraction of sp³-hybridized carbons (Fsp3) is 0.429. The molecule has 1 aromatic carbocycles. The lowest BCUT2D eigenvalue weighted by Gasteiger charge is -2.48. The van der Waals surface area contributed by atoms with E-state index >= 15 is 0 Å². The van der Waals surface area contributed by atoms with Crippen molar-refractivity contribution in [1.82, 2.24) is 29.5 Å². The van der Waals surface area contributed by atoms with Crippen LogP contribution in [0.5, 0.6) is 0 Å². The third-order valence-electron chi connectivity index (χ3n) is 6.93. The van der Waals surface area contributed by atoms with Gasteiger partial charge in [0.2, 0.25) is 0 Å². The van der Waals surface area contributed by atoms with Crippen molar-refractivity contribution in [1.29, 1.82) is 0 Å². The number of rotatable bonds is 3. The predicted molar refractivity (Wildman–Crippen MR) is 150 cm³/mol. The van der Waals surface area contributed by atoms with E-state index in [1.54, 1.807) is 12.1 Å². The number of fused-ring (bicyclic) bond motifs is 2. The second kappa shape index (κ2) is 16.7. The summed E-state index contributed by atoms with van der Waals surface area (Å²) in [5, 5.41) is 30.4. The van der Waals surface area contributed by atoms with E-state index in [1.807, 2.05) is 18.5 Å². The zero-order valence-corrected chi connectivity index (χ0v) is 25.6. The molecule has 12 nitrogen and oxygen atoms in total. The number of benzene rings is 1. The van der Waals surface area contributed by atoms with Gasteiger partial charge >= 0.3 is 36.4 Å². The summed E-state index contributed by atoms with van der Waals surface area (Å²) in [4.78, 5) is 35.8. The number of likely N-dealkylation sites (N-methyl/N-ethyl adjacent to an activating group) is 1. The van der Waals surface area contributed by atoms with E-state index in [1.165, 1.54) is 17.7 Å². The van der Waals surface area contributed by atoms with E-state index in [-0.39, 0.29) is 11.4 Å². The smallest absolute Gasteiger partial charge is 0.475 e. The maximum Gasteiger partial charge on any atom is 0.490 e. The lowest BCUT2D eigenvalue weighted by atomic mass is 9.84. The van der Waals surface area contributed by atoms with Crippen LogP contribution in [0.2, 0.25) is 0 Å². The Hall–Kier alpha value is -4.86. The number of halogens is 10. The van der Waals surface area contributed by atoms with E-state index in [0.717, 1.165) is 62.8 Å². The number of carboxylic acid groups (broad SMARTS) is 3. The molecule has 1 saturated heterocycles. The molecule has 2 aliphatic rings. The Morgan fingerprint density at radius 2 is 1.28 bits per heavy atom. The van der Waals surface area contributed by atoms with E-state index in [0.29, 0.717) is 0 Å². The van der Waals surface area contributed by atoms with Crippen LogP contribution in [0.1, 0.15) is 24.2 Å². The Bertz CT molecular complexity index is 1520. The maximum absolute atomic E-state index is 13.4. The molecular formula is C28H28F10N6O6. The Labute approximate surface area is 275 Å². The molecule has 0 unspecified atom stereocenters. The summed E-state index contributed by atoms with van der Waals surface area (Å²) in [5.41, 5.74) is 2.15. The Balaban J connectivity index is 0.000000338. The van der Waals surface area contributed by atoms with Crippen LogP contribution in [0.4, 0.5) is 43.9 Å². The van der Waals surface area contributed by atoms with Crippen molar-refractivity contribution in [3.63, 3.8) is 0 Å². The molecule has 22 heteroatoms. The minimum Gasteiger partial charge on any atom is -0.475 e. The Kier molecular flexibility index (Phi) is 13.8. The standard InChI is InChI=1S/C22H25FN6.3C2HF3O2/c1-27-15-20-25-26-21(18-4-6-19(23)7-5-18)29(20)22(16-27)8-11-28(12-9-22)14-17-3-2-10-24-13-17;3*3-2(4,5)1(6)7/h2-7,10,13H,8-9,11-12,14-16H2,1H3;3*(H,6,7). The first-order valence-corrected chi connectivity index (χ1v) is 13.9. The largest absolute Gasteiger partial charge is 0.490 e. The molecule has 5 rings (SSSR count). The van der Waals surface area contributed by atoms with Crippen LogP contribution in [0.25, 0.3) is 11.4 Å². The highest BCUT2D eigenvalue weighted by atomic mass is 19.4. The van der Waals surface area contributed by atoms with Crippen LogP contribution in [0, 0.1) is 5.82 Å². The Morgan fingerprint density at radius 1 is 0.800 bits per heavy atom. The summed E-state index contributed by atoms with van der Waals surface area (Å²) >= 11 is 0. The SMILES string of the molecule is CN1Cc2nnc(-c3ccc(F)cc3)n2C2(CCN(Cc3cccnc3)CC2)C1.O=C(O)C(F)(F)F.O=C(O)C(F)(F)F.O=C(O)C(F)(F)F. The number of hydrogen-bond acceptors (Lipinski definition) is 8. The molecule has 1 fully saturated rings. The number of carbonyl (C=O) groups is 3. The number of carboxylic acids is 3. The van der Waals surface area contributed by atoms with Crippen LogP contribution >= 0.6 is 0 Å². The zero-order chi connectivity index (χ0) is 38.1. The highest BCUT2D eigenvalue weighted by molar-refractivity contribution is 5.73. The van der Waals surface area contributed by atoms with Crippen molar-refractivity contribution < 1.29 is 73.6 Å². The van der Waals surface area contributed by atoms with E-state index in [2.05, 4.69) is 42.7 Å². The Morgan fingerprint density at radius 3 is 1.70 bits per heavy atom. The van der Waals surface area contributed by atoms with Gasteiger partial charge in [-0.15, -0.1) is 10.2 Å². The zero-order valence-electron chi connectivity index (χ0n) is 25.6. The molecule has 3 N–H and O–H groups in total. The number of aromatic nitrogens is 4. The van der Waals surface area contributed by atoms with Crippen molar-refractivity contribution in [2.24, 2.45) is 0 Å². The average molecular weight is 735 g/mol. The summed E-state index contributed by atoms with van der Waals surface area (Å²) in [6.07, 6.45) is -9.41. The van der Waals surface area contributed by atoms with Gasteiger partial charge in [0.15, 0.2) is 5.82 Å². The molecule has 0 aliphatic carbocycles. The van der Waals surface area contributed by atoms with Crippen molar-refractivity contribution in [2.45, 2.75) is 50.0 Å². The summed E-state index contributed by atoms with van der Waals surface area (Å²) in [6.45, 7) is 4.73. The molecule has 0 amide bonds. The molecule has 1 spiro atoms. The molecule has 50 heavy (non-hydrogen) atoms. The highest BCUT2D eigenvalue weighted by Gasteiger charge is 2.44. The lowest BCUT2D eigenvalue weighted by Crippen LogP contribution is -2.55. The fourth-order valence-electron chi connectivity index (χ4n) is 4.83. The molecule has 4 heterocycles. The van der Waals surface area contributed by atoms with Crippen molar-refractivity contribution in [2.75, 3.05) is 26.7 Å². The van der Waals surface area contributed by atoms with Gasteiger partial charge in [0.05, 0.1) is 12.1 Å². The average Bonchev–Trinajstić information content (AvgIpc) is 3.43. The second-order valence-corrected chi connectivity index (χ2v) is 10.7. The van der Waals surface area contributed by atoms with Gasteiger partial charge in [0, 0.05) is 44.1 Å². The quantitative estimate of drug-likeness (QED) is 0.317. The molecular weight excluding hydrogens is 706 g/mol. The summed E-state index contributed by atoms with van der Waals surface area (Å²) in [6, 6.07) is 10.7. The summed E-state index contributed by atoms with van der Waals surface area (Å²) < 4.78 is 111. The number of piperidine rings is 1. The van der Waals surface area contributed by atoms with Crippen molar-refractivity contribution in [3.05, 3.63) is 66.0 Å². The van der Waals surface area contributed by atoms with Gasteiger partial charge in [0.1, 0.15) is 11.6 Å². The molecule has 0 saturated carbocycles. The molecule has 2 aromatic heterocycles. The molecule has 0 radical (unpaired) electrons. The number of likely N-dealkylation sites (tertiary alicyclic amines) is 1. The van der Waals surface area contributed by atoms with Gasteiger partial charge in [-0.2, -0.15) is 39.5 Å². The lowest BCUT2D eigenvalue weighted by molar-refractivity contribution is -0.193. The molecule has 276 valence electrons. The second-order valence-electron chi connectivity index (χ2n) is 10.7. The predicted octanol–water partition coefficient (Wildman–Crippen LogP) is 4.82. The minimum absolute atomic E-state index is 0.0268. The minimum atomic E-state index is -5.08. The van der Waals surface area contributed by atoms with E-state index in [9.17, 15) is 43.9 Å². The van der Waals surface area contributed by atoms with Gasteiger partial charge in [-0.25, -0.2) is 18.8 Å². The van der Waals surface area contributed by atoms with Crippen LogP contribution in [-0.4, -0.2) is 108 Å². The molecule has 2 aliphatic heterocycles. The summed E-state index contributed by atoms with van der Waals surface area (Å²) in [5.74, 6) is -6.65. The third kappa shape index (κ3) is 12.2. The van der Waals surface area contributed by atoms with Crippen LogP contribution < -0.4 is 0 Å². The van der Waals surface area contributed by atoms with Gasteiger partial charge < -0.3 is 19.9 Å². The van der Waals surface area contributed by atoms with Gasteiger partial charge in [-0.1, -0.05) is 6.07 Å². The normalized spacial score (nSPS) is 16.0. The first-order valence-electron chi connectivity index (χ1n) is 13.9. The number of hydrogen-bond donors (Lipinski definition) is 3. The van der Waals surface area contributed by atoms with Crippen LogP contribution in [-0.2, 0) is 33.0 Å². The highest BCUT2D eigenvalue weighted by Crippen LogP contribution is 2.39. The first-order chi connectivity index (χ1) is 23.0. The topological polar surface area (TPSA) is 162 Å². The molecule has 0 atom stereocenters. The molecule has 0 bridgehead atoms. The van der Waals surface area contributed by atoms with Gasteiger partial charge in [0.25, 0.3) is 0 Å². The maximum atomic E-state index is 13.4. The molecule has 3 aromatic rings. The van der Waals surface area contributed by atoms with Crippen molar-refractivity contribution >= 4 is 17.9 Å². The summed E-state index contributed by atoms with van der Waals surface area (Å²) in [7, 11) is 2.15. The van der Waals surface area contributed by atoms with Gasteiger partial charge in [-0.05, 0) is 55.8 Å². The van der Waals surface area contributed by atoms with E-state index < -0.39 is 36.4 Å². The monoisotopic (exact) mass is 734 g/mol. The van der Waals surface area contributed by atoms with Crippen LogP contribution in [0.3, 0.4) is 0 Å². The third-order valence-corrected chi connectivity index (χ3v) is 6.93. The number of aliphatic carboxylic acids is 3. The van der Waals surface area contributed by atoms with Crippen LogP contribution in [0.15, 0.2) is 48.8 Å².